The molecular weight excluding hydrogens is 274 g/mol. The SMILES string of the molecule is C[C@@](O)(I)c1ccccc1Cl. The molecule has 1 rings (SSSR count). The number of hydrogen-bond donors (Lipinski definition) is 1. The van der Waals surface area contributed by atoms with Crippen LogP contribution in [-0.4, -0.2) is 5.11 Å². The minimum absolute atomic E-state index is 0.604. The van der Waals surface area contributed by atoms with Crippen LogP contribution >= 0.6 is 34.2 Å². The lowest BCUT2D eigenvalue weighted by molar-refractivity contribution is 0.179. The van der Waals surface area contributed by atoms with Gasteiger partial charge >= 0.3 is 0 Å². The molecule has 0 spiro atoms. The van der Waals surface area contributed by atoms with Gasteiger partial charge in [-0.05, 0) is 35.6 Å². The third-order valence-corrected chi connectivity index (χ3v) is 2.28. The maximum absolute atomic E-state index is 9.57. The average Bonchev–Trinajstić information content (AvgIpc) is 1.86. The zero-order valence-electron chi connectivity index (χ0n) is 6.01. The van der Waals surface area contributed by atoms with Gasteiger partial charge in [-0.25, -0.2) is 0 Å². The van der Waals surface area contributed by atoms with Crippen LogP contribution in [0.5, 0.6) is 0 Å². The van der Waals surface area contributed by atoms with E-state index < -0.39 is 3.61 Å². The molecule has 0 aliphatic rings. The molecule has 0 saturated carbocycles. The second-order valence-electron chi connectivity index (χ2n) is 2.43. The van der Waals surface area contributed by atoms with Crippen molar-refractivity contribution in [2.24, 2.45) is 0 Å². The Morgan fingerprint density at radius 3 is 2.36 bits per heavy atom. The molecule has 1 nitrogen and oxygen atoms in total. The van der Waals surface area contributed by atoms with E-state index in [0.29, 0.717) is 5.02 Å². The first-order valence-corrected chi connectivity index (χ1v) is 4.64. The Morgan fingerprint density at radius 1 is 1.45 bits per heavy atom. The quantitative estimate of drug-likeness (QED) is 0.620. The van der Waals surface area contributed by atoms with Crippen molar-refractivity contribution >= 4 is 34.2 Å². The van der Waals surface area contributed by atoms with Crippen molar-refractivity contribution in [3.63, 3.8) is 0 Å². The van der Waals surface area contributed by atoms with E-state index >= 15 is 0 Å². The van der Waals surface area contributed by atoms with Crippen LogP contribution in [0.15, 0.2) is 24.3 Å². The van der Waals surface area contributed by atoms with Crippen LogP contribution in [0.3, 0.4) is 0 Å². The van der Waals surface area contributed by atoms with Crippen molar-refractivity contribution in [1.29, 1.82) is 0 Å². The highest BCUT2D eigenvalue weighted by Crippen LogP contribution is 2.32. The summed E-state index contributed by atoms with van der Waals surface area (Å²) in [7, 11) is 0. The molecule has 1 atom stereocenters. The van der Waals surface area contributed by atoms with Crippen LogP contribution in [0, 0.1) is 0 Å². The van der Waals surface area contributed by atoms with Gasteiger partial charge in [0.05, 0.1) is 0 Å². The lowest BCUT2D eigenvalue weighted by Gasteiger charge is -2.16. The molecule has 1 N–H and O–H groups in total. The van der Waals surface area contributed by atoms with Crippen LogP contribution < -0.4 is 0 Å². The Balaban J connectivity index is 3.14. The molecular formula is C8H8ClIO. The van der Waals surface area contributed by atoms with Crippen LogP contribution in [0.25, 0.3) is 0 Å². The number of rotatable bonds is 1. The van der Waals surface area contributed by atoms with Gasteiger partial charge in [-0.1, -0.05) is 29.8 Å². The maximum Gasteiger partial charge on any atom is 0.139 e. The summed E-state index contributed by atoms with van der Waals surface area (Å²) in [6, 6.07) is 7.28. The van der Waals surface area contributed by atoms with Crippen molar-refractivity contribution in [3.05, 3.63) is 34.9 Å². The minimum Gasteiger partial charge on any atom is -0.376 e. The van der Waals surface area contributed by atoms with E-state index in [9.17, 15) is 5.11 Å². The number of halogens is 2. The third-order valence-electron chi connectivity index (χ3n) is 1.37. The van der Waals surface area contributed by atoms with Crippen molar-refractivity contribution in [1.82, 2.24) is 0 Å². The second-order valence-corrected chi connectivity index (χ2v) is 4.94. The Morgan fingerprint density at radius 2 is 2.00 bits per heavy atom. The third kappa shape index (κ3) is 2.32. The van der Waals surface area contributed by atoms with Crippen molar-refractivity contribution in [2.75, 3.05) is 0 Å². The predicted molar refractivity (Wildman–Crippen MR) is 55.0 cm³/mol. The van der Waals surface area contributed by atoms with Gasteiger partial charge in [-0.3, -0.25) is 0 Å². The first-order chi connectivity index (χ1) is 5.02. The summed E-state index contributed by atoms with van der Waals surface area (Å²) >= 11 is 7.78. The molecule has 0 amide bonds. The fraction of sp³-hybridized carbons (Fsp3) is 0.250. The van der Waals surface area contributed by atoms with Crippen LogP contribution in [0.2, 0.25) is 5.02 Å². The van der Waals surface area contributed by atoms with Gasteiger partial charge in [0.1, 0.15) is 3.61 Å². The lowest BCUT2D eigenvalue weighted by atomic mass is 10.1. The largest absolute Gasteiger partial charge is 0.376 e. The first kappa shape index (κ1) is 9.29. The average molecular weight is 283 g/mol. The summed E-state index contributed by atoms with van der Waals surface area (Å²) < 4.78 is -0.879. The van der Waals surface area contributed by atoms with Gasteiger partial charge in [0, 0.05) is 10.6 Å². The van der Waals surface area contributed by atoms with Crippen molar-refractivity contribution < 1.29 is 5.11 Å². The molecule has 0 radical (unpaired) electrons. The predicted octanol–water partition coefficient (Wildman–Crippen LogP) is 2.94. The molecule has 0 saturated heterocycles. The van der Waals surface area contributed by atoms with Crippen LogP contribution in [0.4, 0.5) is 0 Å². The van der Waals surface area contributed by atoms with Gasteiger partial charge in [-0.15, -0.1) is 0 Å². The van der Waals surface area contributed by atoms with E-state index in [1.165, 1.54) is 0 Å². The lowest BCUT2D eigenvalue weighted by Crippen LogP contribution is -2.11. The highest BCUT2D eigenvalue weighted by molar-refractivity contribution is 14.1. The minimum atomic E-state index is -0.879. The van der Waals surface area contributed by atoms with Gasteiger partial charge < -0.3 is 5.11 Å². The second kappa shape index (κ2) is 3.29. The normalized spacial score (nSPS) is 16.0. The molecule has 0 aliphatic carbocycles. The Kier molecular flexibility index (Phi) is 2.78. The standard InChI is InChI=1S/C8H8ClIO/c1-8(10,11)6-4-2-3-5-7(6)9/h2-5,11H,1H3/t8-/m0/s1. The summed E-state index contributed by atoms with van der Waals surface area (Å²) in [5.41, 5.74) is 0.752. The molecule has 0 heterocycles. The summed E-state index contributed by atoms with van der Waals surface area (Å²) in [5.74, 6) is 0. The molecule has 0 aromatic heterocycles. The van der Waals surface area contributed by atoms with Gasteiger partial charge in [-0.2, -0.15) is 0 Å². The molecule has 1 aromatic carbocycles. The summed E-state index contributed by atoms with van der Waals surface area (Å²) in [6.45, 7) is 1.70. The van der Waals surface area contributed by atoms with E-state index in [2.05, 4.69) is 0 Å². The topological polar surface area (TPSA) is 20.2 Å². The maximum atomic E-state index is 9.57. The highest BCUT2D eigenvalue weighted by Gasteiger charge is 2.20. The first-order valence-electron chi connectivity index (χ1n) is 3.18. The van der Waals surface area contributed by atoms with Crippen molar-refractivity contribution in [3.8, 4) is 0 Å². The molecule has 11 heavy (non-hydrogen) atoms. The number of aliphatic hydroxyl groups is 1. The molecule has 0 fully saturated rings. The number of benzene rings is 1. The summed E-state index contributed by atoms with van der Waals surface area (Å²) in [4.78, 5) is 0. The molecule has 3 heteroatoms. The number of hydrogen-bond acceptors (Lipinski definition) is 1. The molecule has 1 aromatic rings. The Labute approximate surface area is 84.5 Å². The molecule has 0 bridgehead atoms. The molecule has 0 aliphatic heterocycles. The summed E-state index contributed by atoms with van der Waals surface area (Å²) in [6.07, 6.45) is 0. The number of alkyl halides is 1. The van der Waals surface area contributed by atoms with E-state index in [-0.39, 0.29) is 0 Å². The zero-order valence-corrected chi connectivity index (χ0v) is 8.93. The Bertz CT molecular complexity index is 255. The van der Waals surface area contributed by atoms with Crippen LogP contribution in [-0.2, 0) is 3.61 Å². The monoisotopic (exact) mass is 282 g/mol. The van der Waals surface area contributed by atoms with E-state index in [0.717, 1.165) is 5.56 Å². The van der Waals surface area contributed by atoms with E-state index in [4.69, 9.17) is 11.6 Å². The van der Waals surface area contributed by atoms with Gasteiger partial charge in [0.25, 0.3) is 0 Å². The summed E-state index contributed by atoms with van der Waals surface area (Å²) in [5, 5.41) is 10.2. The fourth-order valence-electron chi connectivity index (χ4n) is 0.831. The van der Waals surface area contributed by atoms with E-state index in [1.807, 2.05) is 40.8 Å². The highest BCUT2D eigenvalue weighted by atomic mass is 127. The fourth-order valence-corrected chi connectivity index (χ4v) is 1.78. The zero-order chi connectivity index (χ0) is 8.48. The van der Waals surface area contributed by atoms with Gasteiger partial charge in [0.15, 0.2) is 0 Å². The van der Waals surface area contributed by atoms with Gasteiger partial charge in [0.2, 0.25) is 0 Å². The van der Waals surface area contributed by atoms with Crippen molar-refractivity contribution in [2.45, 2.75) is 10.5 Å². The van der Waals surface area contributed by atoms with E-state index in [1.54, 1.807) is 13.0 Å². The van der Waals surface area contributed by atoms with Crippen LogP contribution in [0.1, 0.15) is 12.5 Å². The smallest absolute Gasteiger partial charge is 0.139 e. The molecule has 0 unspecified atom stereocenters. The molecule has 60 valence electrons. The Hall–Kier alpha value is 0.200.